The Morgan fingerprint density at radius 2 is 2.05 bits per heavy atom. The predicted octanol–water partition coefficient (Wildman–Crippen LogP) is 4.06. The highest BCUT2D eigenvalue weighted by atomic mass is 79.9. The topological polar surface area (TPSA) is 46.8 Å². The lowest BCUT2D eigenvalue weighted by atomic mass is 10.1. The van der Waals surface area contributed by atoms with Crippen LogP contribution in [0.1, 0.15) is 16.8 Å². The van der Waals surface area contributed by atoms with Crippen molar-refractivity contribution in [1.82, 2.24) is 9.38 Å². The maximum atomic E-state index is 9.51. The van der Waals surface area contributed by atoms with Gasteiger partial charge in [-0.05, 0) is 37.1 Å². The number of hydrogen-bond donors (Lipinski definition) is 1. The first-order valence-corrected chi connectivity index (χ1v) is 7.77. The maximum Gasteiger partial charge on any atom is 0.244 e. The molecular weight excluding hydrogens is 340 g/mol. The van der Waals surface area contributed by atoms with E-state index in [1.807, 2.05) is 42.0 Å². The number of thiazole rings is 1. The van der Waals surface area contributed by atoms with Gasteiger partial charge in [0.25, 0.3) is 0 Å². The molecule has 2 heterocycles. The lowest BCUT2D eigenvalue weighted by Crippen LogP contribution is -1.94. The second-order valence-corrected chi connectivity index (χ2v) is 6.22. The van der Waals surface area contributed by atoms with E-state index in [1.165, 1.54) is 11.3 Å². The number of aromatic nitrogens is 2. The van der Waals surface area contributed by atoms with Crippen LogP contribution in [0, 0.1) is 13.8 Å². The third-order valence-corrected chi connectivity index (χ3v) is 5.11. The summed E-state index contributed by atoms with van der Waals surface area (Å²) in [6.07, 6.45) is 1.88. The van der Waals surface area contributed by atoms with E-state index in [1.54, 1.807) is 0 Å². The number of rotatable bonds is 3. The Labute approximate surface area is 128 Å². The van der Waals surface area contributed by atoms with Crippen LogP contribution in [0.15, 0.2) is 28.2 Å². The molecule has 0 saturated carbocycles. The van der Waals surface area contributed by atoms with Crippen LogP contribution in [-0.2, 0) is 6.61 Å². The van der Waals surface area contributed by atoms with Crippen LogP contribution in [0.3, 0.4) is 0 Å². The van der Waals surface area contributed by atoms with Gasteiger partial charge in [-0.25, -0.2) is 0 Å². The largest absolute Gasteiger partial charge is 0.437 e. The number of ether oxygens (including phenoxy) is 1. The molecule has 0 aliphatic carbocycles. The lowest BCUT2D eigenvalue weighted by molar-refractivity contribution is 0.270. The second-order valence-electron chi connectivity index (χ2n) is 4.55. The molecule has 104 valence electrons. The van der Waals surface area contributed by atoms with Gasteiger partial charge in [0.2, 0.25) is 5.88 Å². The van der Waals surface area contributed by atoms with Crippen LogP contribution in [0.2, 0.25) is 0 Å². The monoisotopic (exact) mass is 352 g/mol. The highest BCUT2D eigenvalue weighted by Crippen LogP contribution is 2.31. The smallest absolute Gasteiger partial charge is 0.244 e. The third-order valence-electron chi connectivity index (χ3n) is 3.10. The molecule has 0 amide bonds. The molecular formula is C14H13BrN2O2S. The lowest BCUT2D eigenvalue weighted by Gasteiger charge is -2.09. The summed E-state index contributed by atoms with van der Waals surface area (Å²) in [5, 5.41) is 11.4. The van der Waals surface area contributed by atoms with Gasteiger partial charge in [-0.2, -0.15) is 4.98 Å². The molecule has 0 saturated heterocycles. The van der Waals surface area contributed by atoms with Gasteiger partial charge in [0.05, 0.1) is 6.61 Å². The Hall–Kier alpha value is -1.37. The zero-order chi connectivity index (χ0) is 14.3. The molecule has 0 aliphatic heterocycles. The Morgan fingerprint density at radius 1 is 1.35 bits per heavy atom. The number of benzene rings is 1. The summed E-state index contributed by atoms with van der Waals surface area (Å²) in [5.74, 6) is 1.18. The van der Waals surface area contributed by atoms with E-state index < -0.39 is 0 Å². The molecule has 0 fully saturated rings. The molecule has 6 heteroatoms. The minimum absolute atomic E-state index is 0.109. The van der Waals surface area contributed by atoms with Crippen molar-refractivity contribution in [3.8, 4) is 11.6 Å². The average Bonchev–Trinajstić information content (AvgIpc) is 2.96. The van der Waals surface area contributed by atoms with E-state index in [9.17, 15) is 5.11 Å². The van der Waals surface area contributed by atoms with E-state index in [2.05, 4.69) is 20.9 Å². The van der Waals surface area contributed by atoms with Crippen LogP contribution in [0.25, 0.3) is 4.96 Å². The Morgan fingerprint density at radius 3 is 2.70 bits per heavy atom. The van der Waals surface area contributed by atoms with Crippen molar-refractivity contribution < 1.29 is 9.84 Å². The number of aliphatic hydroxyl groups is 1. The van der Waals surface area contributed by atoms with E-state index in [0.29, 0.717) is 11.6 Å². The summed E-state index contributed by atoms with van der Waals surface area (Å²) >= 11 is 5.05. The van der Waals surface area contributed by atoms with E-state index in [4.69, 9.17) is 4.74 Å². The van der Waals surface area contributed by atoms with Gasteiger partial charge in [-0.1, -0.05) is 15.9 Å². The normalized spacial score (nSPS) is 11.2. The van der Waals surface area contributed by atoms with Crippen molar-refractivity contribution in [2.75, 3.05) is 0 Å². The van der Waals surface area contributed by atoms with Crippen molar-refractivity contribution in [3.63, 3.8) is 0 Å². The fraction of sp³-hybridized carbons (Fsp3) is 0.214. The molecule has 3 aromatic rings. The molecule has 0 atom stereocenters. The molecule has 0 unspecified atom stereocenters. The Kier molecular flexibility index (Phi) is 3.54. The number of fused-ring (bicyclic) bond motifs is 1. The molecule has 0 aliphatic rings. The SMILES string of the molecule is Cc1cc(Oc2nc3sccn3c2CO)cc(C)c1Br. The third kappa shape index (κ3) is 2.24. The first kappa shape index (κ1) is 13.6. The van der Waals surface area contributed by atoms with E-state index in [-0.39, 0.29) is 6.61 Å². The van der Waals surface area contributed by atoms with Crippen LogP contribution >= 0.6 is 27.3 Å². The van der Waals surface area contributed by atoms with Crippen molar-refractivity contribution in [1.29, 1.82) is 0 Å². The quantitative estimate of drug-likeness (QED) is 0.773. The number of nitrogens with zero attached hydrogens (tertiary/aromatic N) is 2. The summed E-state index contributed by atoms with van der Waals surface area (Å²) < 4.78 is 8.78. The zero-order valence-corrected chi connectivity index (χ0v) is 13.5. The predicted molar refractivity (Wildman–Crippen MR) is 82.7 cm³/mol. The number of halogens is 1. The first-order valence-electron chi connectivity index (χ1n) is 6.10. The van der Waals surface area contributed by atoms with Gasteiger partial charge in [-0.3, -0.25) is 4.40 Å². The van der Waals surface area contributed by atoms with Gasteiger partial charge in [0.15, 0.2) is 4.96 Å². The van der Waals surface area contributed by atoms with E-state index in [0.717, 1.165) is 26.3 Å². The molecule has 4 nitrogen and oxygen atoms in total. The fourth-order valence-corrected chi connectivity index (χ4v) is 3.07. The summed E-state index contributed by atoms with van der Waals surface area (Å²) in [7, 11) is 0. The van der Waals surface area contributed by atoms with Crippen LogP contribution in [0.4, 0.5) is 0 Å². The van der Waals surface area contributed by atoms with Gasteiger partial charge in [0.1, 0.15) is 11.4 Å². The summed E-state index contributed by atoms with van der Waals surface area (Å²) in [5.41, 5.74) is 2.87. The molecule has 3 rings (SSSR count). The number of hydrogen-bond acceptors (Lipinski definition) is 4. The van der Waals surface area contributed by atoms with Gasteiger partial charge in [-0.15, -0.1) is 11.3 Å². The number of imidazole rings is 1. The van der Waals surface area contributed by atoms with Gasteiger partial charge < -0.3 is 9.84 Å². The Bertz CT molecular complexity index is 756. The highest BCUT2D eigenvalue weighted by molar-refractivity contribution is 9.10. The second kappa shape index (κ2) is 5.20. The Balaban J connectivity index is 2.02. The van der Waals surface area contributed by atoms with Crippen LogP contribution in [-0.4, -0.2) is 14.5 Å². The van der Waals surface area contributed by atoms with Gasteiger partial charge in [0, 0.05) is 16.0 Å². The molecule has 0 spiro atoms. The van der Waals surface area contributed by atoms with Crippen molar-refractivity contribution in [3.05, 3.63) is 45.0 Å². The minimum Gasteiger partial charge on any atom is -0.437 e. The molecule has 1 N–H and O–H groups in total. The highest BCUT2D eigenvalue weighted by Gasteiger charge is 2.15. The first-order chi connectivity index (χ1) is 9.60. The standard InChI is InChI=1S/C14H13BrN2O2S/c1-8-5-10(6-9(2)12(8)15)19-13-11(7-18)17-3-4-20-14(17)16-13/h3-6,18H,7H2,1-2H3. The van der Waals surface area contributed by atoms with Crippen molar-refractivity contribution in [2.45, 2.75) is 20.5 Å². The maximum absolute atomic E-state index is 9.51. The molecule has 20 heavy (non-hydrogen) atoms. The molecule has 0 bridgehead atoms. The summed E-state index contributed by atoms with van der Waals surface area (Å²) in [4.78, 5) is 5.22. The molecule has 2 aromatic heterocycles. The van der Waals surface area contributed by atoms with Crippen molar-refractivity contribution in [2.24, 2.45) is 0 Å². The number of aryl methyl sites for hydroxylation is 2. The fourth-order valence-electron chi connectivity index (χ4n) is 2.12. The molecule has 1 aromatic carbocycles. The van der Waals surface area contributed by atoms with Gasteiger partial charge >= 0.3 is 0 Å². The van der Waals surface area contributed by atoms with Crippen LogP contribution in [0.5, 0.6) is 11.6 Å². The zero-order valence-electron chi connectivity index (χ0n) is 11.1. The summed E-state index contributed by atoms with van der Waals surface area (Å²) in [6.45, 7) is 3.92. The van der Waals surface area contributed by atoms with E-state index >= 15 is 0 Å². The number of aliphatic hydroxyl groups excluding tert-OH is 1. The molecule has 0 radical (unpaired) electrons. The average molecular weight is 353 g/mol. The van der Waals surface area contributed by atoms with Crippen molar-refractivity contribution >= 4 is 32.2 Å². The summed E-state index contributed by atoms with van der Waals surface area (Å²) in [6, 6.07) is 3.90. The minimum atomic E-state index is -0.109. The van der Waals surface area contributed by atoms with Crippen LogP contribution < -0.4 is 4.74 Å².